The molecule has 0 bridgehead atoms. The van der Waals surface area contributed by atoms with Gasteiger partial charge in [0.1, 0.15) is 0 Å². The third kappa shape index (κ3) is 5.37. The maximum Gasteiger partial charge on any atom is 0.275 e. The Labute approximate surface area is 186 Å². The van der Waals surface area contributed by atoms with E-state index in [4.69, 9.17) is 0 Å². The highest BCUT2D eigenvalue weighted by molar-refractivity contribution is 7.90. The van der Waals surface area contributed by atoms with Crippen molar-refractivity contribution in [3.63, 3.8) is 0 Å². The van der Waals surface area contributed by atoms with Crippen molar-refractivity contribution in [3.8, 4) is 16.8 Å². The first-order valence-electron chi connectivity index (χ1n) is 10.1. The minimum absolute atomic E-state index is 0.117. The fraction of sp³-hybridized carbons (Fsp3) is 0.250. The first kappa shape index (κ1) is 23.5. The number of allylic oxidation sites excluding steroid dienone is 2. The van der Waals surface area contributed by atoms with Gasteiger partial charge in [-0.05, 0) is 48.6 Å². The van der Waals surface area contributed by atoms with E-state index in [0.717, 1.165) is 23.1 Å². The highest BCUT2D eigenvalue weighted by atomic mass is 32.2. The number of hydrogen-bond donors (Lipinski definition) is 0. The van der Waals surface area contributed by atoms with E-state index in [0.29, 0.717) is 35.4 Å². The van der Waals surface area contributed by atoms with Gasteiger partial charge in [-0.25, -0.2) is 17.2 Å². The van der Waals surface area contributed by atoms with Gasteiger partial charge in [0.25, 0.3) is 5.56 Å². The van der Waals surface area contributed by atoms with Gasteiger partial charge >= 0.3 is 0 Å². The zero-order valence-corrected chi connectivity index (χ0v) is 18.9. The molecule has 0 atom stereocenters. The van der Waals surface area contributed by atoms with Gasteiger partial charge < -0.3 is 0 Å². The molecule has 0 radical (unpaired) electrons. The topological polar surface area (TPSA) is 69.0 Å². The summed E-state index contributed by atoms with van der Waals surface area (Å²) in [5, 5.41) is 4.16. The Morgan fingerprint density at radius 1 is 1.06 bits per heavy atom. The number of nitrogens with zero attached hydrogens (tertiary/aromatic N) is 2. The Morgan fingerprint density at radius 3 is 2.34 bits per heavy atom. The molecule has 0 N–H and O–H groups in total. The average Bonchev–Trinajstić information content (AvgIpc) is 2.73. The second-order valence-electron chi connectivity index (χ2n) is 7.86. The van der Waals surface area contributed by atoms with Gasteiger partial charge in [-0.1, -0.05) is 38.1 Å². The smallest absolute Gasteiger partial charge is 0.267 e. The molecule has 1 heterocycles. The lowest BCUT2D eigenvalue weighted by Gasteiger charge is -2.13. The zero-order valence-electron chi connectivity index (χ0n) is 18.0. The molecule has 8 heteroatoms. The van der Waals surface area contributed by atoms with Crippen LogP contribution in [-0.2, 0) is 16.3 Å². The van der Waals surface area contributed by atoms with E-state index < -0.39 is 27.0 Å². The Kier molecular flexibility index (Phi) is 7.03. The van der Waals surface area contributed by atoms with Gasteiger partial charge in [0.2, 0.25) is 0 Å². The number of benzene rings is 2. The van der Waals surface area contributed by atoms with E-state index in [-0.39, 0.29) is 10.6 Å². The van der Waals surface area contributed by atoms with Crippen LogP contribution in [0.3, 0.4) is 0 Å². The van der Waals surface area contributed by atoms with Crippen molar-refractivity contribution >= 4 is 9.84 Å². The van der Waals surface area contributed by atoms with E-state index >= 15 is 0 Å². The Hall–Kier alpha value is -3.13. The van der Waals surface area contributed by atoms with Crippen molar-refractivity contribution in [2.75, 3.05) is 6.26 Å². The van der Waals surface area contributed by atoms with Crippen molar-refractivity contribution in [1.82, 2.24) is 9.78 Å². The third-order valence-electron chi connectivity index (χ3n) is 4.90. The number of sulfone groups is 1. The molecule has 5 nitrogen and oxygen atoms in total. The molecule has 0 unspecified atom stereocenters. The quantitative estimate of drug-likeness (QED) is 0.480. The summed E-state index contributed by atoms with van der Waals surface area (Å²) in [6, 6.07) is 9.37. The molecule has 32 heavy (non-hydrogen) atoms. The van der Waals surface area contributed by atoms with Gasteiger partial charge in [-0.2, -0.15) is 9.78 Å². The van der Waals surface area contributed by atoms with Crippen LogP contribution in [0.1, 0.15) is 25.8 Å². The van der Waals surface area contributed by atoms with Crippen LogP contribution < -0.4 is 5.56 Å². The molecule has 0 spiro atoms. The van der Waals surface area contributed by atoms with Crippen molar-refractivity contribution < 1.29 is 17.2 Å². The van der Waals surface area contributed by atoms with Crippen molar-refractivity contribution in [2.24, 2.45) is 5.92 Å². The molecule has 0 aliphatic carbocycles. The molecular weight excluding hydrogens is 434 g/mol. The van der Waals surface area contributed by atoms with Crippen LogP contribution in [-0.4, -0.2) is 24.5 Å². The van der Waals surface area contributed by atoms with E-state index in [1.807, 2.05) is 26.0 Å². The fourth-order valence-corrected chi connectivity index (χ4v) is 3.89. The molecule has 0 saturated carbocycles. The van der Waals surface area contributed by atoms with Crippen LogP contribution in [0.2, 0.25) is 0 Å². The Morgan fingerprint density at radius 2 is 1.75 bits per heavy atom. The second-order valence-corrected chi connectivity index (χ2v) is 9.88. The first-order chi connectivity index (χ1) is 15.1. The first-order valence-corrected chi connectivity index (χ1v) is 12.0. The summed E-state index contributed by atoms with van der Waals surface area (Å²) in [6.07, 6.45) is 7.64. The summed E-state index contributed by atoms with van der Waals surface area (Å²) in [7, 11) is -3.35. The maximum atomic E-state index is 13.7. The number of halogens is 2. The van der Waals surface area contributed by atoms with E-state index in [9.17, 15) is 22.0 Å². The lowest BCUT2D eigenvalue weighted by Crippen LogP contribution is -2.25. The highest BCUT2D eigenvalue weighted by Crippen LogP contribution is 2.24. The molecule has 0 amide bonds. The fourth-order valence-electron chi connectivity index (χ4n) is 3.26. The molecule has 1 aromatic heterocycles. The van der Waals surface area contributed by atoms with E-state index in [1.165, 1.54) is 24.4 Å². The van der Waals surface area contributed by atoms with Crippen LogP contribution in [0.25, 0.3) is 16.8 Å². The Bertz CT molecular complexity index is 1310. The van der Waals surface area contributed by atoms with Gasteiger partial charge in [-0.15, -0.1) is 0 Å². The van der Waals surface area contributed by atoms with Gasteiger partial charge in [0.15, 0.2) is 21.5 Å². The molecule has 0 saturated heterocycles. The summed E-state index contributed by atoms with van der Waals surface area (Å²) >= 11 is 0. The molecule has 3 rings (SSSR count). The summed E-state index contributed by atoms with van der Waals surface area (Å²) < 4.78 is 51.6. The van der Waals surface area contributed by atoms with Crippen LogP contribution in [0, 0.1) is 17.6 Å². The van der Waals surface area contributed by atoms with E-state index in [1.54, 1.807) is 12.1 Å². The normalized spacial score (nSPS) is 12.1. The van der Waals surface area contributed by atoms with Gasteiger partial charge in [-0.3, -0.25) is 4.79 Å². The van der Waals surface area contributed by atoms with E-state index in [2.05, 4.69) is 5.10 Å². The molecule has 0 aliphatic heterocycles. The zero-order chi connectivity index (χ0) is 23.5. The van der Waals surface area contributed by atoms with Crippen LogP contribution in [0.4, 0.5) is 8.78 Å². The highest BCUT2D eigenvalue weighted by Gasteiger charge is 2.16. The van der Waals surface area contributed by atoms with Crippen LogP contribution in [0.15, 0.2) is 70.5 Å². The maximum absolute atomic E-state index is 13.7. The monoisotopic (exact) mass is 458 g/mol. The molecule has 168 valence electrons. The minimum Gasteiger partial charge on any atom is -0.267 e. The van der Waals surface area contributed by atoms with Crippen LogP contribution >= 0.6 is 0 Å². The van der Waals surface area contributed by atoms with Crippen LogP contribution in [0.5, 0.6) is 0 Å². The molecule has 0 aliphatic rings. The number of aromatic nitrogens is 2. The summed E-state index contributed by atoms with van der Waals surface area (Å²) in [5.74, 6) is -1.71. The van der Waals surface area contributed by atoms with Crippen molar-refractivity contribution in [2.45, 2.75) is 31.6 Å². The number of hydrogen-bond acceptors (Lipinski definition) is 4. The summed E-state index contributed by atoms with van der Waals surface area (Å²) in [6.45, 7) is 4.10. The molecule has 2 aromatic carbocycles. The SMILES string of the molecule is CC(C)C=CCCc1c(-c2ccc(S(C)(=O)=O)cc2)cnn(-c2ccc(F)c(F)c2)c1=O. The lowest BCUT2D eigenvalue weighted by molar-refractivity contribution is 0.507. The minimum atomic E-state index is -3.35. The van der Waals surface area contributed by atoms with Gasteiger partial charge in [0.05, 0.1) is 16.8 Å². The molecule has 3 aromatic rings. The Balaban J connectivity index is 2.10. The predicted octanol–water partition coefficient (Wildman–Crippen LogP) is 4.73. The molecule has 0 fully saturated rings. The average molecular weight is 459 g/mol. The standard InChI is InChI=1S/C24H24F2N2O3S/c1-16(2)6-4-5-7-20-21(17-8-11-19(12-9-17)32(3,30)31)15-27-28(24(20)29)18-10-13-22(25)23(26)14-18/h4,6,8-16H,5,7H2,1-3H3. The largest absolute Gasteiger partial charge is 0.275 e. The summed E-state index contributed by atoms with van der Waals surface area (Å²) in [5.41, 5.74) is 1.32. The lowest BCUT2D eigenvalue weighted by atomic mass is 9.99. The predicted molar refractivity (Wildman–Crippen MR) is 121 cm³/mol. The van der Waals surface area contributed by atoms with Crippen molar-refractivity contribution in [1.29, 1.82) is 0 Å². The van der Waals surface area contributed by atoms with Gasteiger partial charge in [0, 0.05) is 23.4 Å². The third-order valence-corrected chi connectivity index (χ3v) is 6.03. The number of rotatable bonds is 7. The second kappa shape index (κ2) is 9.56. The summed E-state index contributed by atoms with van der Waals surface area (Å²) in [4.78, 5) is 13.5. The molecular formula is C24H24F2N2O3S. The van der Waals surface area contributed by atoms with Crippen molar-refractivity contribution in [3.05, 3.63) is 88.4 Å².